The molecule has 3 atom stereocenters. The zero-order valence-electron chi connectivity index (χ0n) is 9.32. The van der Waals surface area contributed by atoms with E-state index in [0.717, 1.165) is 0 Å². The predicted octanol–water partition coefficient (Wildman–Crippen LogP) is -0.255. The van der Waals surface area contributed by atoms with Crippen LogP contribution in [0.3, 0.4) is 0 Å². The molecule has 1 heterocycles. The number of nitriles is 3. The van der Waals surface area contributed by atoms with Gasteiger partial charge in [0.1, 0.15) is 0 Å². The smallest absolute Gasteiger partial charge is 0.245 e. The Morgan fingerprint density at radius 1 is 1.35 bits per heavy atom. The average Bonchev–Trinajstić information content (AvgIpc) is 2.86. The summed E-state index contributed by atoms with van der Waals surface area (Å²) in [7, 11) is 0. The Labute approximate surface area is 98.6 Å². The van der Waals surface area contributed by atoms with Gasteiger partial charge in [-0.15, -0.1) is 0 Å². The van der Waals surface area contributed by atoms with Gasteiger partial charge in [0, 0.05) is 0 Å². The van der Waals surface area contributed by atoms with Crippen LogP contribution < -0.4 is 11.1 Å². The Hall–Kier alpha value is -2.10. The second-order valence-corrected chi connectivity index (χ2v) is 4.63. The van der Waals surface area contributed by atoms with E-state index in [1.54, 1.807) is 0 Å². The van der Waals surface area contributed by atoms with Crippen LogP contribution in [0.15, 0.2) is 0 Å². The highest BCUT2D eigenvalue weighted by Crippen LogP contribution is 2.74. The van der Waals surface area contributed by atoms with E-state index >= 15 is 0 Å². The van der Waals surface area contributed by atoms with Gasteiger partial charge in [-0.2, -0.15) is 15.8 Å². The van der Waals surface area contributed by atoms with Crippen molar-refractivity contribution in [3.63, 3.8) is 0 Å². The van der Waals surface area contributed by atoms with Gasteiger partial charge in [-0.1, -0.05) is 13.3 Å². The van der Waals surface area contributed by atoms with E-state index in [2.05, 4.69) is 5.32 Å². The molecule has 0 radical (unpaired) electrons. The van der Waals surface area contributed by atoms with E-state index in [0.29, 0.717) is 12.8 Å². The van der Waals surface area contributed by atoms with Crippen molar-refractivity contribution in [3.8, 4) is 18.2 Å². The number of fused-ring (bicyclic) bond motifs is 1. The summed E-state index contributed by atoms with van der Waals surface area (Å²) in [6, 6.07) is 5.46. The number of carbonyl (C=O) groups excluding carboxylic acids is 1. The van der Waals surface area contributed by atoms with Crippen molar-refractivity contribution in [2.45, 2.75) is 25.4 Å². The highest BCUT2D eigenvalue weighted by Gasteiger charge is 2.92. The zero-order valence-corrected chi connectivity index (χ0v) is 9.32. The molecule has 1 saturated heterocycles. The molecule has 2 fully saturated rings. The molecule has 0 spiro atoms. The van der Waals surface area contributed by atoms with Crippen LogP contribution in [0.5, 0.6) is 0 Å². The highest BCUT2D eigenvalue weighted by atomic mass is 16.2. The van der Waals surface area contributed by atoms with Gasteiger partial charge in [-0.05, 0) is 6.42 Å². The Bertz CT molecular complexity index is 507. The molecule has 1 aliphatic heterocycles. The van der Waals surface area contributed by atoms with Crippen molar-refractivity contribution >= 4 is 5.91 Å². The van der Waals surface area contributed by atoms with Crippen molar-refractivity contribution in [1.29, 1.82) is 15.8 Å². The number of nitrogens with two attached hydrogens (primary N) is 1. The standard InChI is InChI=1S/C11H11N5O/c1-2-3-11(15)7-9(4-12,5-13)10(7,6-14)8(17)16-11/h7H,2-3,15H2,1H3,(H,16,17)/t7-,10+,11+/m1/s1. The topological polar surface area (TPSA) is 126 Å². The molecule has 6 heteroatoms. The van der Waals surface area contributed by atoms with Crippen LogP contribution in [0.4, 0.5) is 0 Å². The predicted molar refractivity (Wildman–Crippen MR) is 55.2 cm³/mol. The maximum Gasteiger partial charge on any atom is 0.245 e. The minimum Gasteiger partial charge on any atom is -0.336 e. The van der Waals surface area contributed by atoms with Crippen LogP contribution in [0.1, 0.15) is 19.8 Å². The van der Waals surface area contributed by atoms with Gasteiger partial charge >= 0.3 is 0 Å². The Morgan fingerprint density at radius 3 is 2.29 bits per heavy atom. The van der Waals surface area contributed by atoms with E-state index in [1.807, 2.05) is 25.1 Å². The number of hydrogen-bond acceptors (Lipinski definition) is 5. The van der Waals surface area contributed by atoms with Crippen molar-refractivity contribution in [3.05, 3.63) is 0 Å². The maximum atomic E-state index is 11.9. The normalized spacial score (nSPS) is 40.4. The summed E-state index contributed by atoms with van der Waals surface area (Å²) in [5, 5.41) is 30.0. The molecule has 6 nitrogen and oxygen atoms in total. The number of nitrogens with zero attached hydrogens (tertiary/aromatic N) is 3. The fourth-order valence-electron chi connectivity index (χ4n) is 3.09. The molecule has 0 aromatic heterocycles. The summed E-state index contributed by atoms with van der Waals surface area (Å²) in [6.45, 7) is 1.88. The van der Waals surface area contributed by atoms with Crippen molar-refractivity contribution in [2.75, 3.05) is 0 Å². The second kappa shape index (κ2) is 2.97. The van der Waals surface area contributed by atoms with E-state index in [1.165, 1.54) is 0 Å². The summed E-state index contributed by atoms with van der Waals surface area (Å²) < 4.78 is 0. The molecule has 1 amide bonds. The number of nitrogens with one attached hydrogen (secondary N) is 1. The molecule has 2 rings (SSSR count). The molecule has 0 aromatic rings. The molecule has 0 unspecified atom stereocenters. The molecule has 0 bridgehead atoms. The third-order valence-electron chi connectivity index (χ3n) is 3.82. The van der Waals surface area contributed by atoms with Crippen LogP contribution in [-0.4, -0.2) is 11.6 Å². The minimum absolute atomic E-state index is 0.442. The maximum absolute atomic E-state index is 11.9. The van der Waals surface area contributed by atoms with Gasteiger partial charge < -0.3 is 11.1 Å². The van der Waals surface area contributed by atoms with Crippen LogP contribution in [-0.2, 0) is 4.79 Å². The first-order chi connectivity index (χ1) is 7.99. The van der Waals surface area contributed by atoms with Gasteiger partial charge in [-0.3, -0.25) is 4.79 Å². The minimum atomic E-state index is -1.59. The van der Waals surface area contributed by atoms with Gasteiger partial charge in [-0.25, -0.2) is 0 Å². The third kappa shape index (κ3) is 0.895. The molecular weight excluding hydrogens is 218 g/mol. The summed E-state index contributed by atoms with van der Waals surface area (Å²) in [5.41, 5.74) is 1.76. The Morgan fingerprint density at radius 2 is 1.94 bits per heavy atom. The summed E-state index contributed by atoms with van der Waals surface area (Å²) in [5.74, 6) is -1.33. The molecule has 2 aliphatic rings. The first-order valence-corrected chi connectivity index (χ1v) is 5.34. The van der Waals surface area contributed by atoms with Gasteiger partial charge in [0.05, 0.1) is 29.8 Å². The Kier molecular flexibility index (Phi) is 1.99. The molecule has 0 aromatic carbocycles. The number of piperidine rings is 1. The quantitative estimate of drug-likeness (QED) is 0.674. The zero-order chi connectivity index (χ0) is 12.9. The Balaban J connectivity index is 2.56. The van der Waals surface area contributed by atoms with Crippen LogP contribution >= 0.6 is 0 Å². The molecule has 1 saturated carbocycles. The van der Waals surface area contributed by atoms with Crippen molar-refractivity contribution < 1.29 is 4.79 Å². The van der Waals surface area contributed by atoms with E-state index < -0.39 is 28.3 Å². The lowest BCUT2D eigenvalue weighted by Crippen LogP contribution is -2.56. The number of hydrogen-bond donors (Lipinski definition) is 2. The molecule has 1 aliphatic carbocycles. The third-order valence-corrected chi connectivity index (χ3v) is 3.82. The van der Waals surface area contributed by atoms with E-state index in [4.69, 9.17) is 21.5 Å². The molecule has 3 N–H and O–H groups in total. The van der Waals surface area contributed by atoms with Crippen LogP contribution in [0.25, 0.3) is 0 Å². The van der Waals surface area contributed by atoms with Crippen molar-refractivity contribution in [2.24, 2.45) is 22.5 Å². The van der Waals surface area contributed by atoms with Crippen molar-refractivity contribution in [1.82, 2.24) is 5.32 Å². The lowest BCUT2D eigenvalue weighted by molar-refractivity contribution is -0.124. The summed E-state index contributed by atoms with van der Waals surface area (Å²) >= 11 is 0. The summed E-state index contributed by atoms with van der Waals surface area (Å²) in [6.07, 6.45) is 1.14. The first-order valence-electron chi connectivity index (χ1n) is 5.34. The fraction of sp³-hybridized carbons (Fsp3) is 0.636. The van der Waals surface area contributed by atoms with Gasteiger partial charge in [0.25, 0.3) is 0 Å². The van der Waals surface area contributed by atoms with Gasteiger partial charge in [0.15, 0.2) is 10.8 Å². The summed E-state index contributed by atoms with van der Waals surface area (Å²) in [4.78, 5) is 11.9. The van der Waals surface area contributed by atoms with E-state index in [9.17, 15) is 4.79 Å². The first kappa shape index (κ1) is 11.4. The number of amides is 1. The molecule has 17 heavy (non-hydrogen) atoms. The number of carbonyl (C=O) groups is 1. The number of rotatable bonds is 2. The second-order valence-electron chi connectivity index (χ2n) is 4.63. The SMILES string of the molecule is CCC[C@]1(N)NC(=O)[C@]2(C#N)[C@H]1C2(C#N)C#N. The van der Waals surface area contributed by atoms with E-state index in [-0.39, 0.29) is 0 Å². The lowest BCUT2D eigenvalue weighted by atomic mass is 9.92. The highest BCUT2D eigenvalue weighted by molar-refractivity contribution is 5.97. The monoisotopic (exact) mass is 229 g/mol. The molecule has 86 valence electrons. The molecular formula is C11H11N5O. The fourth-order valence-corrected chi connectivity index (χ4v) is 3.09. The largest absolute Gasteiger partial charge is 0.336 e. The van der Waals surface area contributed by atoms with Gasteiger partial charge in [0.2, 0.25) is 5.91 Å². The van der Waals surface area contributed by atoms with Crippen LogP contribution in [0, 0.1) is 50.7 Å². The van der Waals surface area contributed by atoms with Crippen LogP contribution in [0.2, 0.25) is 0 Å². The average molecular weight is 229 g/mol. The lowest BCUT2D eigenvalue weighted by Gasteiger charge is -2.27.